The first-order valence-electron chi connectivity index (χ1n) is 15.6. The van der Waals surface area contributed by atoms with Gasteiger partial charge in [0, 0.05) is 37.2 Å². The van der Waals surface area contributed by atoms with E-state index in [1.165, 1.54) is 30.5 Å². The molecule has 2 fully saturated rings. The molecule has 0 atom stereocenters. The maximum Gasteiger partial charge on any atom is 0.209 e. The smallest absolute Gasteiger partial charge is 0.209 e. The Morgan fingerprint density at radius 3 is 2.28 bits per heavy atom. The van der Waals surface area contributed by atoms with Gasteiger partial charge < -0.3 is 14.6 Å². The van der Waals surface area contributed by atoms with Gasteiger partial charge in [-0.1, -0.05) is 63.9 Å². The number of H-pyrrole nitrogens is 1. The minimum atomic E-state index is -0.248. The van der Waals surface area contributed by atoms with E-state index >= 15 is 0 Å². The van der Waals surface area contributed by atoms with Crippen molar-refractivity contribution in [2.75, 3.05) is 26.3 Å². The lowest BCUT2D eigenvalue weighted by Gasteiger charge is -2.24. The fourth-order valence-corrected chi connectivity index (χ4v) is 5.36. The molecule has 43 heavy (non-hydrogen) atoms. The molecule has 0 spiro atoms. The van der Waals surface area contributed by atoms with E-state index in [2.05, 4.69) is 41.2 Å². The lowest BCUT2D eigenvalue weighted by molar-refractivity contribution is -0.121. The minimum absolute atomic E-state index is 0.248. The van der Waals surface area contributed by atoms with E-state index in [4.69, 9.17) is 14.7 Å². The van der Waals surface area contributed by atoms with E-state index in [0.717, 1.165) is 85.4 Å². The first-order chi connectivity index (χ1) is 21.1. The number of hydrogen-bond acceptors (Lipinski definition) is 5. The Labute approximate surface area is 255 Å². The van der Waals surface area contributed by atoms with Gasteiger partial charge in [0.1, 0.15) is 17.5 Å². The second-order valence-electron chi connectivity index (χ2n) is 10.9. The highest BCUT2D eigenvalue weighted by Gasteiger charge is 2.25. The van der Waals surface area contributed by atoms with E-state index in [1.54, 1.807) is 17.0 Å². The van der Waals surface area contributed by atoms with Crippen molar-refractivity contribution >= 4 is 6.41 Å². The molecule has 1 amide bonds. The van der Waals surface area contributed by atoms with Crippen molar-refractivity contribution in [3.63, 3.8) is 0 Å². The van der Waals surface area contributed by atoms with Gasteiger partial charge in [-0.05, 0) is 61.1 Å². The van der Waals surface area contributed by atoms with Gasteiger partial charge in [-0.15, -0.1) is 0 Å². The highest BCUT2D eigenvalue weighted by molar-refractivity contribution is 5.76. The number of imidazole rings is 1. The number of nitrogens with one attached hydrogen (secondary N) is 1. The van der Waals surface area contributed by atoms with Crippen LogP contribution in [-0.4, -0.2) is 57.5 Å². The Morgan fingerprint density at radius 2 is 1.63 bits per heavy atom. The summed E-state index contributed by atoms with van der Waals surface area (Å²) in [6, 6.07) is 18.9. The molecular weight excluding hydrogens is 541 g/mol. The first kappa shape index (κ1) is 32.0. The van der Waals surface area contributed by atoms with Crippen LogP contribution in [0, 0.1) is 11.7 Å². The Hall–Kier alpha value is -3.91. The van der Waals surface area contributed by atoms with Gasteiger partial charge in [0.05, 0.1) is 30.3 Å². The molecule has 0 bridgehead atoms. The summed E-state index contributed by atoms with van der Waals surface area (Å²) in [4.78, 5) is 29.7. The van der Waals surface area contributed by atoms with Gasteiger partial charge in [-0.3, -0.25) is 4.79 Å². The number of carbonyl (C=O) groups excluding carboxylic acids is 1. The molecule has 1 N–H and O–H groups in total. The van der Waals surface area contributed by atoms with Crippen LogP contribution in [0.4, 0.5) is 4.39 Å². The molecule has 2 aromatic heterocycles. The second kappa shape index (κ2) is 16.7. The molecule has 6 rings (SSSR count). The standard InChI is InChI=1S/C28H29FN4.C5H9NO2.C2H6/c1-19-7-10-22(11-8-19)28-32-26(21-12-14-23(29)15-13-21)27(33-28)24-17-18-30-25(31-24)16-9-20-5-3-2-4-6-20;7-5-6-1-3-8-4-2-6;1-2/h2-6,12-15,17-19,22H,7-11,16H2,1H3,(H,32,33);5H,1-4H2;1-2H3. The number of halogens is 1. The van der Waals surface area contributed by atoms with Crippen LogP contribution in [0.15, 0.2) is 66.9 Å². The predicted molar refractivity (Wildman–Crippen MR) is 169 cm³/mol. The molecule has 2 aromatic carbocycles. The summed E-state index contributed by atoms with van der Waals surface area (Å²) < 4.78 is 18.6. The average molecular weight is 586 g/mol. The van der Waals surface area contributed by atoms with Crippen LogP contribution in [0.5, 0.6) is 0 Å². The van der Waals surface area contributed by atoms with Crippen LogP contribution in [0.25, 0.3) is 22.6 Å². The van der Waals surface area contributed by atoms with Crippen molar-refractivity contribution in [3.05, 3.63) is 89.9 Å². The van der Waals surface area contributed by atoms with Crippen molar-refractivity contribution in [2.24, 2.45) is 5.92 Å². The molecule has 1 saturated heterocycles. The van der Waals surface area contributed by atoms with Crippen molar-refractivity contribution in [1.29, 1.82) is 0 Å². The number of morpholine rings is 1. The number of hydrogen-bond donors (Lipinski definition) is 1. The number of amides is 1. The van der Waals surface area contributed by atoms with E-state index in [9.17, 15) is 9.18 Å². The van der Waals surface area contributed by atoms with Gasteiger partial charge >= 0.3 is 0 Å². The van der Waals surface area contributed by atoms with Gasteiger partial charge in [0.15, 0.2) is 0 Å². The zero-order chi connectivity index (χ0) is 30.4. The molecule has 1 saturated carbocycles. The average Bonchev–Trinajstić information content (AvgIpc) is 3.52. The second-order valence-corrected chi connectivity index (χ2v) is 10.9. The van der Waals surface area contributed by atoms with Crippen LogP contribution in [0.2, 0.25) is 0 Å². The van der Waals surface area contributed by atoms with Crippen LogP contribution >= 0.6 is 0 Å². The van der Waals surface area contributed by atoms with E-state index in [0.29, 0.717) is 19.1 Å². The summed E-state index contributed by atoms with van der Waals surface area (Å²) in [7, 11) is 0. The van der Waals surface area contributed by atoms with Crippen LogP contribution in [0.1, 0.15) is 69.6 Å². The van der Waals surface area contributed by atoms with Crippen LogP contribution < -0.4 is 0 Å². The Bertz CT molecular complexity index is 1380. The van der Waals surface area contributed by atoms with Gasteiger partial charge in [0.2, 0.25) is 6.41 Å². The first-order valence-corrected chi connectivity index (χ1v) is 15.6. The third kappa shape index (κ3) is 9.29. The predicted octanol–water partition coefficient (Wildman–Crippen LogP) is 7.25. The summed E-state index contributed by atoms with van der Waals surface area (Å²) in [6.45, 7) is 9.22. The largest absolute Gasteiger partial charge is 0.378 e. The van der Waals surface area contributed by atoms with Crippen LogP contribution in [0.3, 0.4) is 0 Å². The minimum Gasteiger partial charge on any atom is -0.378 e. The molecule has 4 aromatic rings. The van der Waals surface area contributed by atoms with E-state index in [-0.39, 0.29) is 5.82 Å². The molecule has 3 heterocycles. The van der Waals surface area contributed by atoms with Gasteiger partial charge in [0.25, 0.3) is 0 Å². The molecule has 0 unspecified atom stereocenters. The number of carbonyl (C=O) groups is 1. The lowest BCUT2D eigenvalue weighted by atomic mass is 9.83. The maximum absolute atomic E-state index is 13.6. The molecular formula is C35H44FN5O2. The summed E-state index contributed by atoms with van der Waals surface area (Å²) in [5.41, 5.74) is 4.71. The topological polar surface area (TPSA) is 84.0 Å². The maximum atomic E-state index is 13.6. The molecule has 8 heteroatoms. The van der Waals surface area contributed by atoms with Crippen molar-refractivity contribution in [1.82, 2.24) is 24.8 Å². The van der Waals surface area contributed by atoms with Crippen molar-refractivity contribution in [3.8, 4) is 22.6 Å². The number of benzene rings is 2. The molecule has 2 aliphatic rings. The molecule has 0 radical (unpaired) electrons. The summed E-state index contributed by atoms with van der Waals surface area (Å²) in [6.07, 6.45) is 9.08. The van der Waals surface area contributed by atoms with E-state index < -0.39 is 0 Å². The fraction of sp³-hybridized carbons (Fsp3) is 0.429. The Balaban J connectivity index is 0.000000364. The van der Waals surface area contributed by atoms with Crippen molar-refractivity contribution in [2.45, 2.75) is 65.2 Å². The normalized spacial score (nSPS) is 18.1. The van der Waals surface area contributed by atoms with Gasteiger partial charge in [-0.2, -0.15) is 0 Å². The third-order valence-electron chi connectivity index (χ3n) is 7.88. The van der Waals surface area contributed by atoms with Crippen molar-refractivity contribution < 1.29 is 13.9 Å². The summed E-state index contributed by atoms with van der Waals surface area (Å²) in [5.74, 6) is 2.78. The summed E-state index contributed by atoms with van der Waals surface area (Å²) >= 11 is 0. The number of nitrogens with zero attached hydrogens (tertiary/aromatic N) is 4. The molecule has 228 valence electrons. The quantitative estimate of drug-likeness (QED) is 0.231. The fourth-order valence-electron chi connectivity index (χ4n) is 5.36. The monoisotopic (exact) mass is 585 g/mol. The highest BCUT2D eigenvalue weighted by Crippen LogP contribution is 2.38. The number of ether oxygens (including phenoxy) is 1. The Kier molecular flexibility index (Phi) is 12.4. The van der Waals surface area contributed by atoms with E-state index in [1.807, 2.05) is 32.2 Å². The highest BCUT2D eigenvalue weighted by atomic mass is 19.1. The number of rotatable bonds is 7. The third-order valence-corrected chi connectivity index (χ3v) is 7.88. The van der Waals surface area contributed by atoms with Crippen LogP contribution in [-0.2, 0) is 22.4 Å². The molecule has 1 aliphatic carbocycles. The molecule has 7 nitrogen and oxygen atoms in total. The zero-order valence-electron chi connectivity index (χ0n) is 25.6. The lowest BCUT2D eigenvalue weighted by Crippen LogP contribution is -2.34. The zero-order valence-corrected chi connectivity index (χ0v) is 25.6. The SMILES string of the molecule is CC.CC1CCC(c2nc(-c3ccc(F)cc3)c(-c3ccnc(CCc4ccccc4)n3)[nH]2)CC1.O=CN1CCOCC1. The summed E-state index contributed by atoms with van der Waals surface area (Å²) in [5, 5.41) is 0. The molecule has 1 aliphatic heterocycles. The number of aryl methyl sites for hydroxylation is 2. The number of aromatic nitrogens is 4. The number of aromatic amines is 1. The Morgan fingerprint density at radius 1 is 0.930 bits per heavy atom. The van der Waals surface area contributed by atoms with Gasteiger partial charge in [-0.25, -0.2) is 19.3 Å².